The Bertz CT molecular complexity index is 494. The van der Waals surface area contributed by atoms with Crippen molar-refractivity contribution < 1.29 is 9.18 Å². The highest BCUT2D eigenvalue weighted by atomic mass is 19.1. The fourth-order valence-electron chi connectivity index (χ4n) is 2.73. The molecule has 0 spiro atoms. The molecule has 2 rings (SSSR count). The largest absolute Gasteiger partial charge is 0.336 e. The number of rotatable bonds is 3. The molecule has 0 aromatic heterocycles. The summed E-state index contributed by atoms with van der Waals surface area (Å²) in [5, 5.41) is 0. The van der Waals surface area contributed by atoms with Crippen LogP contribution in [0.3, 0.4) is 0 Å². The first-order valence-electron chi connectivity index (χ1n) is 7.17. The number of halogens is 1. The molecule has 1 heterocycles. The van der Waals surface area contributed by atoms with Crippen LogP contribution in [-0.2, 0) is 10.5 Å². The summed E-state index contributed by atoms with van der Waals surface area (Å²) in [7, 11) is 0. The van der Waals surface area contributed by atoms with E-state index in [0.29, 0.717) is 30.9 Å². The first-order chi connectivity index (χ1) is 9.46. The third-order valence-electron chi connectivity index (χ3n) is 4.02. The number of likely N-dealkylation sites (tertiary alicyclic amines) is 1. The Morgan fingerprint density at radius 1 is 1.40 bits per heavy atom. The van der Waals surface area contributed by atoms with E-state index in [1.165, 1.54) is 11.6 Å². The Kier molecular flexibility index (Phi) is 4.26. The Labute approximate surface area is 120 Å². The molecule has 2 nitrogen and oxygen atoms in total. The van der Waals surface area contributed by atoms with Gasteiger partial charge in [-0.05, 0) is 36.0 Å². The third-order valence-corrected chi connectivity index (χ3v) is 4.02. The molecule has 0 bridgehead atoms. The molecule has 1 unspecified atom stereocenters. The Hall–Kier alpha value is -1.64. The van der Waals surface area contributed by atoms with Crippen LogP contribution in [0.25, 0.3) is 0 Å². The minimum Gasteiger partial charge on any atom is -0.336 e. The number of hydrogen-bond donors (Lipinski definition) is 0. The van der Waals surface area contributed by atoms with Crippen LogP contribution in [-0.4, -0.2) is 23.9 Å². The maximum Gasteiger partial charge on any atom is 0.246 e. The molecule has 0 saturated carbocycles. The summed E-state index contributed by atoms with van der Waals surface area (Å²) in [5.41, 5.74) is 0.433. The fraction of sp³-hybridized carbons (Fsp3) is 0.471. The normalized spacial score (nSPS) is 22.9. The van der Waals surface area contributed by atoms with Gasteiger partial charge in [0, 0.05) is 6.54 Å². The van der Waals surface area contributed by atoms with Crippen LogP contribution < -0.4 is 0 Å². The lowest BCUT2D eigenvalue weighted by atomic mass is 9.86. The molecule has 0 aliphatic carbocycles. The number of carbonyl (C=O) groups excluding carboxylic acids is 1. The van der Waals surface area contributed by atoms with Crippen molar-refractivity contribution in [2.75, 3.05) is 13.1 Å². The second kappa shape index (κ2) is 5.78. The van der Waals surface area contributed by atoms with Crippen LogP contribution >= 0.6 is 0 Å². The molecular formula is C17H22FNO. The van der Waals surface area contributed by atoms with E-state index in [0.717, 1.165) is 0 Å². The van der Waals surface area contributed by atoms with Gasteiger partial charge in [-0.2, -0.15) is 0 Å². The molecule has 1 fully saturated rings. The van der Waals surface area contributed by atoms with E-state index < -0.39 is 5.67 Å². The van der Waals surface area contributed by atoms with E-state index >= 15 is 4.39 Å². The van der Waals surface area contributed by atoms with E-state index in [4.69, 9.17) is 0 Å². The van der Waals surface area contributed by atoms with E-state index in [-0.39, 0.29) is 12.5 Å². The molecule has 1 aliphatic rings. The first kappa shape index (κ1) is 14.8. The van der Waals surface area contributed by atoms with Gasteiger partial charge in [0.2, 0.25) is 5.91 Å². The molecule has 1 aromatic carbocycles. The van der Waals surface area contributed by atoms with Crippen LogP contribution in [0.1, 0.15) is 43.7 Å². The third kappa shape index (κ3) is 2.92. The van der Waals surface area contributed by atoms with Crippen LogP contribution in [0.5, 0.6) is 0 Å². The summed E-state index contributed by atoms with van der Waals surface area (Å²) >= 11 is 0. The highest BCUT2D eigenvalue weighted by Gasteiger charge is 2.38. The Morgan fingerprint density at radius 2 is 2.05 bits per heavy atom. The lowest BCUT2D eigenvalue weighted by molar-refractivity contribution is -0.130. The monoisotopic (exact) mass is 275 g/mol. The molecule has 3 heteroatoms. The summed E-state index contributed by atoms with van der Waals surface area (Å²) in [6.45, 7) is 8.44. The molecule has 1 atom stereocenters. The van der Waals surface area contributed by atoms with Crippen molar-refractivity contribution in [3.63, 3.8) is 0 Å². The Morgan fingerprint density at radius 3 is 2.60 bits per heavy atom. The highest BCUT2D eigenvalue weighted by molar-refractivity contribution is 5.87. The van der Waals surface area contributed by atoms with E-state index in [1.54, 1.807) is 4.90 Å². The summed E-state index contributed by atoms with van der Waals surface area (Å²) in [4.78, 5) is 13.2. The van der Waals surface area contributed by atoms with Crippen LogP contribution in [0.2, 0.25) is 0 Å². The molecule has 1 aliphatic heterocycles. The summed E-state index contributed by atoms with van der Waals surface area (Å²) < 4.78 is 15.2. The lowest BCUT2D eigenvalue weighted by Gasteiger charge is -2.37. The van der Waals surface area contributed by atoms with E-state index in [2.05, 4.69) is 20.4 Å². The summed E-state index contributed by atoms with van der Waals surface area (Å²) in [6, 6.07) is 7.68. The molecule has 0 radical (unpaired) electrons. The number of benzene rings is 1. The van der Waals surface area contributed by atoms with Crippen molar-refractivity contribution in [2.45, 2.75) is 38.3 Å². The molecule has 1 aromatic rings. The fourth-order valence-corrected chi connectivity index (χ4v) is 2.73. The van der Waals surface area contributed by atoms with Gasteiger partial charge in [0.05, 0.1) is 6.54 Å². The molecule has 108 valence electrons. The predicted octanol–water partition coefficient (Wildman–Crippen LogP) is 3.78. The van der Waals surface area contributed by atoms with Gasteiger partial charge in [0.25, 0.3) is 0 Å². The molecular weight excluding hydrogens is 253 g/mol. The predicted molar refractivity (Wildman–Crippen MR) is 79.3 cm³/mol. The standard InChI is InChI=1S/C17H22FNO/c1-4-16(20)19-11-5-10-17(18,12-19)15-8-6-14(7-9-15)13(2)3/h4,6-9,13H,1,5,10-12H2,2-3H3. The van der Waals surface area contributed by atoms with Crippen LogP contribution in [0.15, 0.2) is 36.9 Å². The van der Waals surface area contributed by atoms with Gasteiger partial charge in [-0.3, -0.25) is 4.79 Å². The zero-order chi connectivity index (χ0) is 14.8. The highest BCUT2D eigenvalue weighted by Crippen LogP contribution is 2.36. The first-order valence-corrected chi connectivity index (χ1v) is 7.17. The summed E-state index contributed by atoms with van der Waals surface area (Å²) in [6.07, 6.45) is 2.41. The van der Waals surface area contributed by atoms with Gasteiger partial charge in [-0.1, -0.05) is 44.7 Å². The van der Waals surface area contributed by atoms with Crippen molar-refractivity contribution in [3.8, 4) is 0 Å². The smallest absolute Gasteiger partial charge is 0.246 e. The zero-order valence-electron chi connectivity index (χ0n) is 12.2. The average molecular weight is 275 g/mol. The van der Waals surface area contributed by atoms with Crippen molar-refractivity contribution in [1.29, 1.82) is 0 Å². The zero-order valence-corrected chi connectivity index (χ0v) is 12.2. The number of alkyl halides is 1. The number of piperidine rings is 1. The second-order valence-corrected chi connectivity index (χ2v) is 5.81. The maximum absolute atomic E-state index is 15.2. The number of nitrogens with zero attached hydrogens (tertiary/aromatic N) is 1. The van der Waals surface area contributed by atoms with Crippen LogP contribution in [0, 0.1) is 0 Å². The van der Waals surface area contributed by atoms with Crippen molar-refractivity contribution >= 4 is 5.91 Å². The van der Waals surface area contributed by atoms with Crippen molar-refractivity contribution in [3.05, 3.63) is 48.0 Å². The van der Waals surface area contributed by atoms with Gasteiger partial charge in [-0.15, -0.1) is 0 Å². The molecule has 0 N–H and O–H groups in total. The van der Waals surface area contributed by atoms with Gasteiger partial charge >= 0.3 is 0 Å². The van der Waals surface area contributed by atoms with Gasteiger partial charge in [0.1, 0.15) is 0 Å². The average Bonchev–Trinajstić information content (AvgIpc) is 2.46. The SMILES string of the molecule is C=CC(=O)N1CCCC(F)(c2ccc(C(C)C)cc2)C1. The molecule has 1 amide bonds. The van der Waals surface area contributed by atoms with Gasteiger partial charge in [-0.25, -0.2) is 4.39 Å². The topological polar surface area (TPSA) is 20.3 Å². The van der Waals surface area contributed by atoms with E-state index in [1.807, 2.05) is 24.3 Å². The summed E-state index contributed by atoms with van der Waals surface area (Å²) in [5.74, 6) is 0.246. The minimum absolute atomic E-state index is 0.124. The lowest BCUT2D eigenvalue weighted by Crippen LogP contribution is -2.45. The quantitative estimate of drug-likeness (QED) is 0.769. The molecule has 20 heavy (non-hydrogen) atoms. The maximum atomic E-state index is 15.2. The van der Waals surface area contributed by atoms with Crippen molar-refractivity contribution in [1.82, 2.24) is 4.90 Å². The molecule has 1 saturated heterocycles. The number of amides is 1. The number of carbonyl (C=O) groups is 1. The van der Waals surface area contributed by atoms with Gasteiger partial charge in [0.15, 0.2) is 5.67 Å². The van der Waals surface area contributed by atoms with Gasteiger partial charge < -0.3 is 4.90 Å². The minimum atomic E-state index is -1.44. The van der Waals surface area contributed by atoms with E-state index in [9.17, 15) is 4.79 Å². The second-order valence-electron chi connectivity index (χ2n) is 5.81. The number of hydrogen-bond acceptors (Lipinski definition) is 1. The van der Waals surface area contributed by atoms with Crippen molar-refractivity contribution in [2.24, 2.45) is 0 Å². The van der Waals surface area contributed by atoms with Crippen LogP contribution in [0.4, 0.5) is 4.39 Å². The Balaban J connectivity index is 2.21.